The number of halogens is 2. The van der Waals surface area contributed by atoms with Crippen LogP contribution in [0.4, 0.5) is 0 Å². The molecule has 58 valence electrons. The van der Waals surface area contributed by atoms with E-state index in [-0.39, 0.29) is 5.57 Å². The third-order valence-corrected chi connectivity index (χ3v) is 0.775. The maximum atomic E-state index is 10.7. The number of esters is 1. The van der Waals surface area contributed by atoms with Crippen molar-refractivity contribution in [1.82, 2.24) is 0 Å². The molecule has 0 saturated carbocycles. The summed E-state index contributed by atoms with van der Waals surface area (Å²) in [6, 6.07) is 0. The number of alkyl halides is 2. The van der Waals surface area contributed by atoms with Crippen molar-refractivity contribution in [2.24, 2.45) is 0 Å². The molecule has 0 rings (SSSR count). The molecular formula is C6H8Cl2O2. The van der Waals surface area contributed by atoms with Crippen LogP contribution in [-0.2, 0) is 9.53 Å². The van der Waals surface area contributed by atoms with E-state index in [1.165, 1.54) is 13.8 Å². The van der Waals surface area contributed by atoms with Gasteiger partial charge in [-0.05, 0) is 6.92 Å². The molecule has 4 heteroatoms. The van der Waals surface area contributed by atoms with Crippen LogP contribution in [0.2, 0.25) is 0 Å². The standard InChI is InChI=1S/C6H8Cl2O2/c1-4(2)5(9)10-6(3,7)8/h1H2,2-3H3. The van der Waals surface area contributed by atoms with Crippen LogP contribution in [0.5, 0.6) is 0 Å². The van der Waals surface area contributed by atoms with E-state index in [9.17, 15) is 4.79 Å². The summed E-state index contributed by atoms with van der Waals surface area (Å²) in [7, 11) is 0. The molecule has 0 N–H and O–H groups in total. The van der Waals surface area contributed by atoms with Crippen LogP contribution in [-0.4, -0.2) is 10.5 Å². The third-order valence-electron chi connectivity index (χ3n) is 0.620. The minimum atomic E-state index is -1.46. The number of carbonyl (C=O) groups is 1. The molecular weight excluding hydrogens is 175 g/mol. The molecule has 0 spiro atoms. The van der Waals surface area contributed by atoms with Gasteiger partial charge in [0.15, 0.2) is 0 Å². The van der Waals surface area contributed by atoms with E-state index in [2.05, 4.69) is 11.3 Å². The molecule has 2 nitrogen and oxygen atoms in total. The van der Waals surface area contributed by atoms with Gasteiger partial charge in [0.1, 0.15) is 0 Å². The Hall–Kier alpha value is -0.210. The number of rotatable bonds is 2. The van der Waals surface area contributed by atoms with Gasteiger partial charge in [0.05, 0.1) is 0 Å². The largest absolute Gasteiger partial charge is 0.426 e. The highest BCUT2D eigenvalue weighted by Crippen LogP contribution is 2.21. The lowest BCUT2D eigenvalue weighted by Crippen LogP contribution is -2.18. The van der Waals surface area contributed by atoms with Crippen molar-refractivity contribution >= 4 is 29.2 Å². The summed E-state index contributed by atoms with van der Waals surface area (Å²) in [6.45, 7) is 6.22. The fraction of sp³-hybridized carbons (Fsp3) is 0.500. The number of ether oxygens (including phenoxy) is 1. The molecule has 0 aromatic carbocycles. The van der Waals surface area contributed by atoms with Crippen LogP contribution < -0.4 is 0 Å². The number of hydrogen-bond acceptors (Lipinski definition) is 2. The highest BCUT2D eigenvalue weighted by atomic mass is 35.5. The van der Waals surface area contributed by atoms with Gasteiger partial charge in [-0.15, -0.1) is 0 Å². The van der Waals surface area contributed by atoms with Gasteiger partial charge in [-0.3, -0.25) is 0 Å². The molecule has 0 radical (unpaired) electrons. The van der Waals surface area contributed by atoms with E-state index in [1.54, 1.807) is 0 Å². The molecule has 0 saturated heterocycles. The average molecular weight is 183 g/mol. The molecule has 0 aliphatic carbocycles. The van der Waals surface area contributed by atoms with Crippen LogP contribution in [0.25, 0.3) is 0 Å². The van der Waals surface area contributed by atoms with Crippen molar-refractivity contribution in [1.29, 1.82) is 0 Å². The van der Waals surface area contributed by atoms with Gasteiger partial charge in [-0.1, -0.05) is 29.8 Å². The fourth-order valence-corrected chi connectivity index (χ4v) is 0.390. The Morgan fingerprint density at radius 2 is 2.00 bits per heavy atom. The van der Waals surface area contributed by atoms with Crippen LogP contribution in [0.15, 0.2) is 12.2 Å². The first kappa shape index (κ1) is 9.79. The molecule has 0 fully saturated rings. The van der Waals surface area contributed by atoms with Crippen LogP contribution in [0.1, 0.15) is 13.8 Å². The Bertz CT molecular complexity index is 158. The minimum absolute atomic E-state index is 0.271. The lowest BCUT2D eigenvalue weighted by molar-refractivity contribution is -0.141. The molecule has 0 amide bonds. The summed E-state index contributed by atoms with van der Waals surface area (Å²) in [5.41, 5.74) is 0.271. The first-order chi connectivity index (χ1) is 4.33. The zero-order valence-electron chi connectivity index (χ0n) is 5.78. The molecule has 0 heterocycles. The van der Waals surface area contributed by atoms with Crippen molar-refractivity contribution in [3.8, 4) is 0 Å². The Morgan fingerprint density at radius 1 is 1.60 bits per heavy atom. The molecule has 0 atom stereocenters. The van der Waals surface area contributed by atoms with Gasteiger partial charge < -0.3 is 4.74 Å². The maximum absolute atomic E-state index is 10.7. The summed E-state index contributed by atoms with van der Waals surface area (Å²) in [5.74, 6) is -0.590. The van der Waals surface area contributed by atoms with E-state index in [0.29, 0.717) is 0 Å². The van der Waals surface area contributed by atoms with E-state index in [1.807, 2.05) is 0 Å². The summed E-state index contributed by atoms with van der Waals surface area (Å²) >= 11 is 10.7. The zero-order chi connectivity index (χ0) is 8.36. The Kier molecular flexibility index (Phi) is 3.19. The number of hydrogen-bond donors (Lipinski definition) is 0. The highest BCUT2D eigenvalue weighted by Gasteiger charge is 2.21. The van der Waals surface area contributed by atoms with Crippen molar-refractivity contribution in [2.45, 2.75) is 18.4 Å². The van der Waals surface area contributed by atoms with Gasteiger partial charge in [0.25, 0.3) is 4.52 Å². The average Bonchev–Trinajstić information content (AvgIpc) is 1.60. The van der Waals surface area contributed by atoms with E-state index in [0.717, 1.165) is 0 Å². The molecule has 0 aliphatic heterocycles. The Labute approximate surface area is 69.8 Å². The van der Waals surface area contributed by atoms with Crippen molar-refractivity contribution in [2.75, 3.05) is 0 Å². The molecule has 0 aliphatic rings. The van der Waals surface area contributed by atoms with E-state index < -0.39 is 10.5 Å². The van der Waals surface area contributed by atoms with Crippen LogP contribution >= 0.6 is 23.2 Å². The second-order valence-corrected chi connectivity index (χ2v) is 3.61. The summed E-state index contributed by atoms with van der Waals surface area (Å²) in [6.07, 6.45) is 0. The van der Waals surface area contributed by atoms with E-state index in [4.69, 9.17) is 23.2 Å². The topological polar surface area (TPSA) is 26.3 Å². The first-order valence-corrected chi connectivity index (χ1v) is 3.35. The molecule has 0 bridgehead atoms. The second-order valence-electron chi connectivity index (χ2n) is 1.98. The van der Waals surface area contributed by atoms with Crippen molar-refractivity contribution in [3.05, 3.63) is 12.2 Å². The van der Waals surface area contributed by atoms with Gasteiger partial charge >= 0.3 is 5.97 Å². The van der Waals surface area contributed by atoms with Gasteiger partial charge in [0.2, 0.25) is 0 Å². The second kappa shape index (κ2) is 3.26. The smallest absolute Gasteiger partial charge is 0.335 e. The SMILES string of the molecule is C=C(C)C(=O)OC(C)(Cl)Cl. The van der Waals surface area contributed by atoms with Gasteiger partial charge in [0, 0.05) is 12.5 Å². The Balaban J connectivity index is 3.93. The molecule has 0 unspecified atom stereocenters. The monoisotopic (exact) mass is 182 g/mol. The maximum Gasteiger partial charge on any atom is 0.335 e. The summed E-state index contributed by atoms with van der Waals surface area (Å²) in [4.78, 5) is 10.7. The lowest BCUT2D eigenvalue weighted by Gasteiger charge is -2.13. The normalized spacial score (nSPS) is 10.8. The van der Waals surface area contributed by atoms with Crippen LogP contribution in [0.3, 0.4) is 0 Å². The van der Waals surface area contributed by atoms with Crippen LogP contribution in [0, 0.1) is 0 Å². The molecule has 0 aromatic rings. The molecule has 0 aromatic heterocycles. The Morgan fingerprint density at radius 3 is 2.10 bits per heavy atom. The van der Waals surface area contributed by atoms with Crippen molar-refractivity contribution in [3.63, 3.8) is 0 Å². The summed E-state index contributed by atoms with van der Waals surface area (Å²) < 4.78 is 3.03. The molecule has 10 heavy (non-hydrogen) atoms. The fourth-order valence-electron chi connectivity index (χ4n) is 0.250. The minimum Gasteiger partial charge on any atom is -0.426 e. The van der Waals surface area contributed by atoms with Gasteiger partial charge in [-0.25, -0.2) is 4.79 Å². The first-order valence-electron chi connectivity index (χ1n) is 2.59. The van der Waals surface area contributed by atoms with Crippen molar-refractivity contribution < 1.29 is 9.53 Å². The van der Waals surface area contributed by atoms with E-state index >= 15 is 0 Å². The third kappa shape index (κ3) is 4.65. The predicted molar refractivity (Wildman–Crippen MR) is 41.0 cm³/mol. The predicted octanol–water partition coefficient (Wildman–Crippen LogP) is 2.26. The lowest BCUT2D eigenvalue weighted by atomic mass is 10.4. The summed E-state index contributed by atoms with van der Waals surface area (Å²) in [5, 5.41) is 0. The zero-order valence-corrected chi connectivity index (χ0v) is 7.29. The number of carbonyl (C=O) groups excluding carboxylic acids is 1. The highest BCUT2D eigenvalue weighted by molar-refractivity contribution is 6.47. The van der Waals surface area contributed by atoms with Gasteiger partial charge in [-0.2, -0.15) is 0 Å². The quantitative estimate of drug-likeness (QED) is 0.372.